The minimum absolute atomic E-state index is 0.107. The van der Waals surface area contributed by atoms with Crippen molar-refractivity contribution >= 4 is 11.6 Å². The molecule has 29 heavy (non-hydrogen) atoms. The second kappa shape index (κ2) is 11.1. The Hall–Kier alpha value is -2.19. The van der Waals surface area contributed by atoms with E-state index in [9.17, 15) is 10.1 Å². The van der Waals surface area contributed by atoms with Crippen molar-refractivity contribution in [1.82, 2.24) is 15.5 Å². The maximum atomic E-state index is 10.8. The van der Waals surface area contributed by atoms with E-state index in [1.54, 1.807) is 12.1 Å². The molecule has 2 aliphatic rings. The van der Waals surface area contributed by atoms with Gasteiger partial charge in [-0.3, -0.25) is 15.0 Å². The lowest BCUT2D eigenvalue weighted by Crippen LogP contribution is -2.47. The van der Waals surface area contributed by atoms with Crippen LogP contribution in [0.3, 0.4) is 0 Å². The standard InChI is InChI=1S/C21H33N5O3/c1-17-2-6-19(7-3-17)24-21(22-10-11-25-12-14-29-15-13-25)23-16-18-4-8-20(9-5-18)26(27)28/h4-5,8-9,17,19H,2-3,6-7,10-16H2,1H3,(H2,22,23,24). The summed E-state index contributed by atoms with van der Waals surface area (Å²) in [5, 5.41) is 17.9. The molecular weight excluding hydrogens is 370 g/mol. The highest BCUT2D eigenvalue weighted by atomic mass is 16.6. The van der Waals surface area contributed by atoms with Crippen molar-refractivity contribution in [1.29, 1.82) is 0 Å². The van der Waals surface area contributed by atoms with Gasteiger partial charge in [0.25, 0.3) is 5.69 Å². The molecule has 0 atom stereocenters. The van der Waals surface area contributed by atoms with Crippen LogP contribution in [0.4, 0.5) is 5.69 Å². The fourth-order valence-electron chi connectivity index (χ4n) is 3.80. The predicted octanol–water partition coefficient (Wildman–Crippen LogP) is 2.54. The van der Waals surface area contributed by atoms with Crippen molar-refractivity contribution in [3.63, 3.8) is 0 Å². The first kappa shape index (κ1) is 21.5. The van der Waals surface area contributed by atoms with Gasteiger partial charge >= 0.3 is 0 Å². The third kappa shape index (κ3) is 7.29. The van der Waals surface area contributed by atoms with Gasteiger partial charge in [0.15, 0.2) is 5.96 Å². The number of nitro benzene ring substituents is 1. The first-order valence-electron chi connectivity index (χ1n) is 10.7. The molecule has 1 aromatic carbocycles. The van der Waals surface area contributed by atoms with Crippen LogP contribution in [0, 0.1) is 16.0 Å². The first-order chi connectivity index (χ1) is 14.1. The zero-order valence-corrected chi connectivity index (χ0v) is 17.3. The molecule has 0 unspecified atom stereocenters. The van der Waals surface area contributed by atoms with E-state index in [0.717, 1.165) is 56.8 Å². The van der Waals surface area contributed by atoms with E-state index in [2.05, 4.69) is 22.5 Å². The molecule has 3 rings (SSSR count). The molecular formula is C21H33N5O3. The molecule has 160 valence electrons. The lowest BCUT2D eigenvalue weighted by atomic mass is 9.87. The van der Waals surface area contributed by atoms with Gasteiger partial charge < -0.3 is 15.4 Å². The number of nitro groups is 1. The van der Waals surface area contributed by atoms with Gasteiger partial charge in [-0.25, -0.2) is 4.99 Å². The second-order valence-corrected chi connectivity index (χ2v) is 8.07. The Bertz CT molecular complexity index is 665. The van der Waals surface area contributed by atoms with Crippen molar-refractivity contribution in [2.24, 2.45) is 10.9 Å². The zero-order valence-electron chi connectivity index (χ0n) is 17.3. The van der Waals surface area contributed by atoms with Crippen molar-refractivity contribution in [2.75, 3.05) is 39.4 Å². The van der Waals surface area contributed by atoms with Gasteiger partial charge in [0.2, 0.25) is 0 Å². The highest BCUT2D eigenvalue weighted by Crippen LogP contribution is 2.23. The summed E-state index contributed by atoms with van der Waals surface area (Å²) >= 11 is 0. The van der Waals surface area contributed by atoms with Gasteiger partial charge in [-0.15, -0.1) is 0 Å². The van der Waals surface area contributed by atoms with Crippen LogP contribution in [0.15, 0.2) is 29.3 Å². The van der Waals surface area contributed by atoms with E-state index in [1.807, 2.05) is 0 Å². The molecule has 8 heteroatoms. The quantitative estimate of drug-likeness (QED) is 0.315. The third-order valence-electron chi connectivity index (χ3n) is 5.75. The number of aliphatic imine (C=N–C) groups is 1. The highest BCUT2D eigenvalue weighted by molar-refractivity contribution is 5.80. The first-order valence-corrected chi connectivity index (χ1v) is 10.7. The van der Waals surface area contributed by atoms with E-state index >= 15 is 0 Å². The normalized spacial score (nSPS) is 23.6. The molecule has 0 bridgehead atoms. The maximum Gasteiger partial charge on any atom is 0.269 e. The smallest absolute Gasteiger partial charge is 0.269 e. The molecule has 0 amide bonds. The molecule has 1 aliphatic heterocycles. The Balaban J connectivity index is 1.55. The highest BCUT2D eigenvalue weighted by Gasteiger charge is 2.19. The van der Waals surface area contributed by atoms with E-state index in [0.29, 0.717) is 12.6 Å². The van der Waals surface area contributed by atoms with Crippen LogP contribution < -0.4 is 10.6 Å². The van der Waals surface area contributed by atoms with E-state index in [-0.39, 0.29) is 10.6 Å². The Labute approximate surface area is 172 Å². The number of nitrogens with one attached hydrogen (secondary N) is 2. The third-order valence-corrected chi connectivity index (χ3v) is 5.75. The number of benzene rings is 1. The Morgan fingerprint density at radius 2 is 1.90 bits per heavy atom. The fourth-order valence-corrected chi connectivity index (χ4v) is 3.80. The average molecular weight is 404 g/mol. The number of hydrogen-bond donors (Lipinski definition) is 2. The molecule has 1 saturated heterocycles. The Kier molecular flexibility index (Phi) is 8.25. The van der Waals surface area contributed by atoms with Crippen LogP contribution in [0.25, 0.3) is 0 Å². The Morgan fingerprint density at radius 3 is 2.55 bits per heavy atom. The van der Waals surface area contributed by atoms with Gasteiger partial charge in [-0.2, -0.15) is 0 Å². The summed E-state index contributed by atoms with van der Waals surface area (Å²) in [6.07, 6.45) is 4.84. The van der Waals surface area contributed by atoms with Gasteiger partial charge in [-0.05, 0) is 37.2 Å². The SMILES string of the molecule is CC1CCC(NC(=NCc2ccc([N+](=O)[O-])cc2)NCCN2CCOCC2)CC1. The van der Waals surface area contributed by atoms with E-state index in [4.69, 9.17) is 9.73 Å². The fraction of sp³-hybridized carbons (Fsp3) is 0.667. The number of guanidine groups is 1. The largest absolute Gasteiger partial charge is 0.379 e. The average Bonchev–Trinajstić information content (AvgIpc) is 2.74. The van der Waals surface area contributed by atoms with Crippen LogP contribution in [-0.4, -0.2) is 61.2 Å². The molecule has 1 aromatic rings. The number of non-ortho nitro benzene ring substituents is 1. The topological polar surface area (TPSA) is 92.0 Å². The number of rotatable bonds is 7. The molecule has 1 saturated carbocycles. The minimum Gasteiger partial charge on any atom is -0.379 e. The predicted molar refractivity (Wildman–Crippen MR) is 114 cm³/mol. The molecule has 1 heterocycles. The van der Waals surface area contributed by atoms with E-state index in [1.165, 1.54) is 37.8 Å². The van der Waals surface area contributed by atoms with Crippen molar-refractivity contribution in [3.8, 4) is 0 Å². The van der Waals surface area contributed by atoms with Crippen molar-refractivity contribution in [2.45, 2.75) is 45.2 Å². The summed E-state index contributed by atoms with van der Waals surface area (Å²) in [6.45, 7) is 8.17. The Morgan fingerprint density at radius 1 is 1.21 bits per heavy atom. The molecule has 0 aromatic heterocycles. The summed E-state index contributed by atoms with van der Waals surface area (Å²) in [4.78, 5) is 17.6. The lowest BCUT2D eigenvalue weighted by Gasteiger charge is -2.29. The van der Waals surface area contributed by atoms with Gasteiger partial charge in [-0.1, -0.05) is 19.1 Å². The molecule has 0 spiro atoms. The summed E-state index contributed by atoms with van der Waals surface area (Å²) in [7, 11) is 0. The minimum atomic E-state index is -0.378. The summed E-state index contributed by atoms with van der Waals surface area (Å²) in [5.74, 6) is 1.64. The van der Waals surface area contributed by atoms with Crippen LogP contribution in [0.1, 0.15) is 38.2 Å². The van der Waals surface area contributed by atoms with Crippen molar-refractivity contribution in [3.05, 3.63) is 39.9 Å². The van der Waals surface area contributed by atoms with Crippen LogP contribution in [0.2, 0.25) is 0 Å². The van der Waals surface area contributed by atoms with E-state index < -0.39 is 0 Å². The summed E-state index contributed by atoms with van der Waals surface area (Å²) in [6, 6.07) is 7.07. The van der Waals surface area contributed by atoms with Gasteiger partial charge in [0.1, 0.15) is 0 Å². The number of morpholine rings is 1. The molecule has 2 N–H and O–H groups in total. The van der Waals surface area contributed by atoms with Crippen LogP contribution >= 0.6 is 0 Å². The number of ether oxygens (including phenoxy) is 1. The van der Waals surface area contributed by atoms with Crippen LogP contribution in [-0.2, 0) is 11.3 Å². The number of nitrogens with zero attached hydrogens (tertiary/aromatic N) is 3. The van der Waals surface area contributed by atoms with Gasteiger partial charge in [0.05, 0.1) is 24.7 Å². The van der Waals surface area contributed by atoms with Crippen LogP contribution in [0.5, 0.6) is 0 Å². The summed E-state index contributed by atoms with van der Waals surface area (Å²) in [5.41, 5.74) is 1.07. The second-order valence-electron chi connectivity index (χ2n) is 8.07. The molecule has 0 radical (unpaired) electrons. The lowest BCUT2D eigenvalue weighted by molar-refractivity contribution is -0.384. The number of hydrogen-bond acceptors (Lipinski definition) is 5. The zero-order chi connectivity index (χ0) is 20.5. The van der Waals surface area contributed by atoms with Gasteiger partial charge in [0, 0.05) is 44.4 Å². The monoisotopic (exact) mass is 403 g/mol. The summed E-state index contributed by atoms with van der Waals surface area (Å²) < 4.78 is 5.41. The molecule has 2 fully saturated rings. The maximum absolute atomic E-state index is 10.8. The van der Waals surface area contributed by atoms with Crippen molar-refractivity contribution < 1.29 is 9.66 Å². The molecule has 8 nitrogen and oxygen atoms in total. The molecule has 1 aliphatic carbocycles.